The Morgan fingerprint density at radius 2 is 2.28 bits per heavy atom. The van der Waals surface area contributed by atoms with Crippen molar-refractivity contribution in [3.63, 3.8) is 0 Å². The Balaban J connectivity index is 2.07. The average molecular weight is 286 g/mol. The second-order valence-electron chi connectivity index (χ2n) is 4.85. The summed E-state index contributed by atoms with van der Waals surface area (Å²) in [5.74, 6) is 0.738. The van der Waals surface area contributed by atoms with Crippen LogP contribution in [0.15, 0.2) is 5.38 Å². The topological polar surface area (TPSA) is 42.4 Å². The third kappa shape index (κ3) is 3.17. The molecule has 18 heavy (non-hydrogen) atoms. The SMILES string of the molecule is COC(=O)c1csc(N2CCSC(C)(C)CC2)n1. The molecule has 0 aromatic carbocycles. The summed E-state index contributed by atoms with van der Waals surface area (Å²) in [6.45, 7) is 6.54. The maximum atomic E-state index is 11.4. The minimum absolute atomic E-state index is 0.331. The zero-order chi connectivity index (χ0) is 13.2. The Morgan fingerprint density at radius 3 is 3.00 bits per heavy atom. The number of esters is 1. The quantitative estimate of drug-likeness (QED) is 0.782. The van der Waals surface area contributed by atoms with Gasteiger partial charge in [0.2, 0.25) is 0 Å². The smallest absolute Gasteiger partial charge is 0.357 e. The van der Waals surface area contributed by atoms with Crippen molar-refractivity contribution in [2.75, 3.05) is 30.9 Å². The molecule has 0 radical (unpaired) electrons. The highest BCUT2D eigenvalue weighted by atomic mass is 32.2. The first-order valence-corrected chi connectivity index (χ1v) is 7.81. The number of carbonyl (C=O) groups excluding carboxylic acids is 1. The fraction of sp³-hybridized carbons (Fsp3) is 0.667. The van der Waals surface area contributed by atoms with Crippen molar-refractivity contribution in [3.8, 4) is 0 Å². The highest BCUT2D eigenvalue weighted by Crippen LogP contribution is 2.33. The van der Waals surface area contributed by atoms with Gasteiger partial charge in [-0.05, 0) is 6.42 Å². The molecule has 0 atom stereocenters. The van der Waals surface area contributed by atoms with Crippen LogP contribution in [0, 0.1) is 0 Å². The molecule has 1 saturated heterocycles. The molecule has 1 fully saturated rings. The van der Waals surface area contributed by atoms with Crippen molar-refractivity contribution >= 4 is 34.2 Å². The van der Waals surface area contributed by atoms with E-state index in [9.17, 15) is 4.79 Å². The minimum atomic E-state index is -0.359. The van der Waals surface area contributed by atoms with Gasteiger partial charge in [0.25, 0.3) is 0 Å². The summed E-state index contributed by atoms with van der Waals surface area (Å²) in [6, 6.07) is 0. The molecule has 1 aromatic rings. The van der Waals surface area contributed by atoms with Gasteiger partial charge in [0.05, 0.1) is 7.11 Å². The van der Waals surface area contributed by atoms with Gasteiger partial charge in [-0.15, -0.1) is 11.3 Å². The van der Waals surface area contributed by atoms with Crippen LogP contribution in [0.5, 0.6) is 0 Å². The van der Waals surface area contributed by atoms with Gasteiger partial charge in [0.15, 0.2) is 10.8 Å². The van der Waals surface area contributed by atoms with Crippen molar-refractivity contribution in [1.29, 1.82) is 0 Å². The van der Waals surface area contributed by atoms with Crippen molar-refractivity contribution < 1.29 is 9.53 Å². The molecule has 1 aliphatic rings. The van der Waals surface area contributed by atoms with Gasteiger partial charge < -0.3 is 9.64 Å². The molecule has 2 heterocycles. The molecule has 0 amide bonds. The molecule has 0 unspecified atom stereocenters. The van der Waals surface area contributed by atoms with Crippen LogP contribution >= 0.6 is 23.1 Å². The molecule has 0 N–H and O–H groups in total. The number of aromatic nitrogens is 1. The Morgan fingerprint density at radius 1 is 1.50 bits per heavy atom. The number of rotatable bonds is 2. The van der Waals surface area contributed by atoms with Crippen LogP contribution in [-0.4, -0.2) is 41.7 Å². The molecule has 4 nitrogen and oxygen atoms in total. The Labute approximate surface area is 116 Å². The number of thiazole rings is 1. The first-order chi connectivity index (χ1) is 8.52. The molecule has 0 bridgehead atoms. The Kier molecular flexibility index (Phi) is 4.17. The summed E-state index contributed by atoms with van der Waals surface area (Å²) in [5.41, 5.74) is 0.411. The highest BCUT2D eigenvalue weighted by molar-refractivity contribution is 8.00. The summed E-state index contributed by atoms with van der Waals surface area (Å²) in [5, 5.41) is 2.69. The van der Waals surface area contributed by atoms with Gasteiger partial charge >= 0.3 is 5.97 Å². The summed E-state index contributed by atoms with van der Waals surface area (Å²) in [4.78, 5) is 18.0. The Hall–Kier alpha value is -0.750. The minimum Gasteiger partial charge on any atom is -0.464 e. The lowest BCUT2D eigenvalue weighted by Gasteiger charge is -2.22. The van der Waals surface area contributed by atoms with E-state index in [0.717, 1.165) is 30.4 Å². The summed E-state index contributed by atoms with van der Waals surface area (Å²) in [6.07, 6.45) is 1.13. The van der Waals surface area contributed by atoms with Crippen LogP contribution in [0.1, 0.15) is 30.8 Å². The van der Waals surface area contributed by atoms with E-state index in [-0.39, 0.29) is 5.97 Å². The van der Waals surface area contributed by atoms with E-state index in [0.29, 0.717) is 10.4 Å². The van der Waals surface area contributed by atoms with E-state index in [4.69, 9.17) is 0 Å². The van der Waals surface area contributed by atoms with E-state index in [2.05, 4.69) is 28.5 Å². The molecule has 0 aliphatic carbocycles. The molecular formula is C12H18N2O2S2. The first kappa shape index (κ1) is 13.7. The van der Waals surface area contributed by atoms with Crippen molar-refractivity contribution in [2.24, 2.45) is 0 Å². The molecule has 2 rings (SSSR count). The number of anilines is 1. The second-order valence-corrected chi connectivity index (χ2v) is 7.49. The fourth-order valence-corrected chi connectivity index (χ4v) is 3.77. The van der Waals surface area contributed by atoms with Gasteiger partial charge in [0.1, 0.15) is 0 Å². The lowest BCUT2D eigenvalue weighted by atomic mass is 10.1. The molecule has 0 saturated carbocycles. The zero-order valence-electron chi connectivity index (χ0n) is 10.9. The van der Waals surface area contributed by atoms with Gasteiger partial charge in [-0.1, -0.05) is 13.8 Å². The molecule has 6 heteroatoms. The van der Waals surface area contributed by atoms with Crippen molar-refractivity contribution in [2.45, 2.75) is 25.0 Å². The average Bonchev–Trinajstić information content (AvgIpc) is 2.74. The number of methoxy groups -OCH3 is 1. The lowest BCUT2D eigenvalue weighted by Crippen LogP contribution is -2.26. The molecule has 1 aliphatic heterocycles. The fourth-order valence-electron chi connectivity index (χ4n) is 1.82. The number of nitrogens with zero attached hydrogens (tertiary/aromatic N) is 2. The summed E-state index contributed by atoms with van der Waals surface area (Å²) < 4.78 is 5.01. The van der Waals surface area contributed by atoms with Crippen molar-refractivity contribution in [1.82, 2.24) is 4.98 Å². The predicted molar refractivity (Wildman–Crippen MR) is 76.8 cm³/mol. The van der Waals surface area contributed by atoms with Crippen LogP contribution < -0.4 is 4.90 Å². The van der Waals surface area contributed by atoms with E-state index in [1.54, 1.807) is 5.38 Å². The number of hydrogen-bond donors (Lipinski definition) is 0. The summed E-state index contributed by atoms with van der Waals surface area (Å²) >= 11 is 3.51. The monoisotopic (exact) mass is 286 g/mol. The van der Waals surface area contributed by atoms with Crippen molar-refractivity contribution in [3.05, 3.63) is 11.1 Å². The normalized spacial score (nSPS) is 19.4. The Bertz CT molecular complexity index is 431. The molecule has 0 spiro atoms. The molecule has 100 valence electrons. The second kappa shape index (κ2) is 5.48. The van der Waals surface area contributed by atoms with E-state index in [1.807, 2.05) is 11.8 Å². The van der Waals surface area contributed by atoms with E-state index < -0.39 is 0 Å². The van der Waals surface area contributed by atoms with Gasteiger partial charge in [0, 0.05) is 29.0 Å². The lowest BCUT2D eigenvalue weighted by molar-refractivity contribution is 0.0595. The number of hydrogen-bond acceptors (Lipinski definition) is 6. The molecule has 1 aromatic heterocycles. The van der Waals surface area contributed by atoms with E-state index in [1.165, 1.54) is 18.4 Å². The first-order valence-electron chi connectivity index (χ1n) is 5.94. The van der Waals surface area contributed by atoms with Gasteiger partial charge in [-0.3, -0.25) is 0 Å². The third-order valence-electron chi connectivity index (χ3n) is 2.99. The van der Waals surface area contributed by atoms with Gasteiger partial charge in [-0.2, -0.15) is 11.8 Å². The highest BCUT2D eigenvalue weighted by Gasteiger charge is 2.25. The zero-order valence-corrected chi connectivity index (χ0v) is 12.6. The van der Waals surface area contributed by atoms with Gasteiger partial charge in [-0.25, -0.2) is 9.78 Å². The number of ether oxygens (including phenoxy) is 1. The largest absolute Gasteiger partial charge is 0.464 e. The van der Waals surface area contributed by atoms with Crippen LogP contribution in [0.2, 0.25) is 0 Å². The predicted octanol–water partition coefficient (Wildman–Crippen LogP) is 2.65. The van der Waals surface area contributed by atoms with E-state index >= 15 is 0 Å². The number of carbonyl (C=O) groups is 1. The van der Waals surface area contributed by atoms with Crippen LogP contribution in [-0.2, 0) is 4.74 Å². The standard InChI is InChI=1S/C12H18N2O2S2/c1-12(2)4-5-14(6-7-18-12)11-13-9(8-17-11)10(15)16-3/h8H,4-7H2,1-3H3. The molecular weight excluding hydrogens is 268 g/mol. The maximum absolute atomic E-state index is 11.4. The number of thioether (sulfide) groups is 1. The van der Waals surface area contributed by atoms with Crippen LogP contribution in [0.3, 0.4) is 0 Å². The summed E-state index contributed by atoms with van der Waals surface area (Å²) in [7, 11) is 1.38. The van der Waals surface area contributed by atoms with Crippen LogP contribution in [0.25, 0.3) is 0 Å². The van der Waals surface area contributed by atoms with Crippen LogP contribution in [0.4, 0.5) is 5.13 Å². The third-order valence-corrected chi connectivity index (χ3v) is 5.27. The maximum Gasteiger partial charge on any atom is 0.357 e.